The fourth-order valence-corrected chi connectivity index (χ4v) is 2.20. The van der Waals surface area contributed by atoms with Crippen molar-refractivity contribution in [3.63, 3.8) is 0 Å². The Hall–Kier alpha value is -0.693. The van der Waals surface area contributed by atoms with Gasteiger partial charge < -0.3 is 0 Å². The summed E-state index contributed by atoms with van der Waals surface area (Å²) in [5.41, 5.74) is -6.52. The molecule has 0 aromatic carbocycles. The highest BCUT2D eigenvalue weighted by molar-refractivity contribution is 6.08. The number of halogens is 13. The minimum atomic E-state index is -7.53. The quantitative estimate of drug-likeness (QED) is 0.478. The molecular formula is C9H9F13Si. The van der Waals surface area contributed by atoms with Gasteiger partial charge in [0.05, 0.1) is 0 Å². The Morgan fingerprint density at radius 1 is 0.522 bits per heavy atom. The lowest BCUT2D eigenvalue weighted by atomic mass is 9.72. The van der Waals surface area contributed by atoms with Crippen molar-refractivity contribution in [3.8, 4) is 0 Å². The highest BCUT2D eigenvalue weighted by Gasteiger charge is 2.91. The van der Waals surface area contributed by atoms with Crippen molar-refractivity contribution in [3.05, 3.63) is 0 Å². The molecule has 0 amide bonds. The van der Waals surface area contributed by atoms with Crippen molar-refractivity contribution in [2.24, 2.45) is 5.41 Å². The third kappa shape index (κ3) is 3.27. The van der Waals surface area contributed by atoms with Crippen molar-refractivity contribution < 1.29 is 57.1 Å². The Kier molecular flexibility index (Phi) is 5.81. The Morgan fingerprint density at radius 2 is 0.870 bits per heavy atom. The first-order valence-electron chi connectivity index (χ1n) is 5.77. The van der Waals surface area contributed by atoms with E-state index in [4.69, 9.17) is 0 Å². The number of hydrogen-bond acceptors (Lipinski definition) is 0. The summed E-state index contributed by atoms with van der Waals surface area (Å²) < 4.78 is 165. The van der Waals surface area contributed by atoms with E-state index in [-0.39, 0.29) is 10.2 Å². The first-order valence-corrected chi connectivity index (χ1v) is 7.18. The lowest BCUT2D eigenvalue weighted by Crippen LogP contribution is -2.70. The first-order chi connectivity index (χ1) is 9.81. The molecule has 0 saturated heterocycles. The Labute approximate surface area is 123 Å². The predicted molar refractivity (Wildman–Crippen MR) is 54.5 cm³/mol. The van der Waals surface area contributed by atoms with Gasteiger partial charge in [-0.1, -0.05) is 12.5 Å². The second-order valence-corrected chi connectivity index (χ2v) is 5.65. The highest BCUT2D eigenvalue weighted by atomic mass is 28.1. The van der Waals surface area contributed by atoms with Crippen LogP contribution in [0.3, 0.4) is 0 Å². The van der Waals surface area contributed by atoms with Crippen LogP contribution in [-0.4, -0.2) is 40.6 Å². The average Bonchev–Trinajstić information content (AvgIpc) is 2.23. The summed E-state index contributed by atoms with van der Waals surface area (Å²) in [6.45, 7) is 0. The molecule has 0 aliphatic heterocycles. The van der Waals surface area contributed by atoms with Crippen molar-refractivity contribution in [2.75, 3.05) is 0 Å². The minimum absolute atomic E-state index is 0.0661. The van der Waals surface area contributed by atoms with E-state index >= 15 is 0 Å². The normalized spacial score (nSPS) is 16.0. The van der Waals surface area contributed by atoms with Gasteiger partial charge in [-0.3, -0.25) is 0 Å². The molecule has 0 unspecified atom stereocenters. The van der Waals surface area contributed by atoms with E-state index in [2.05, 4.69) is 0 Å². The minimum Gasteiger partial charge on any atom is -0.198 e. The summed E-state index contributed by atoms with van der Waals surface area (Å²) in [7, 11) is -0.0661. The maximum atomic E-state index is 13.4. The molecule has 0 aromatic heterocycles. The van der Waals surface area contributed by atoms with Crippen LogP contribution in [0.4, 0.5) is 57.1 Å². The van der Waals surface area contributed by atoms with Crippen molar-refractivity contribution in [1.29, 1.82) is 0 Å². The van der Waals surface area contributed by atoms with E-state index in [0.29, 0.717) is 0 Å². The van der Waals surface area contributed by atoms with Gasteiger partial charge in [0.25, 0.3) is 0 Å². The smallest absolute Gasteiger partial charge is 0.198 e. The molecule has 14 heteroatoms. The van der Waals surface area contributed by atoms with Crippen LogP contribution in [0.15, 0.2) is 0 Å². The zero-order valence-electron chi connectivity index (χ0n) is 11.0. The fourth-order valence-electron chi connectivity index (χ4n) is 1.85. The van der Waals surface area contributed by atoms with Gasteiger partial charge >= 0.3 is 30.4 Å². The molecule has 0 fully saturated rings. The van der Waals surface area contributed by atoms with Crippen LogP contribution in [-0.2, 0) is 0 Å². The molecule has 140 valence electrons. The third-order valence-corrected chi connectivity index (χ3v) is 3.87. The van der Waals surface area contributed by atoms with Crippen LogP contribution in [0.2, 0.25) is 6.04 Å². The fraction of sp³-hybridized carbons (Fsp3) is 1.00. The molecule has 0 aliphatic rings. The van der Waals surface area contributed by atoms with Crippen molar-refractivity contribution >= 4 is 10.2 Å². The van der Waals surface area contributed by atoms with Gasteiger partial charge in [-0.15, -0.1) is 0 Å². The van der Waals surface area contributed by atoms with Crippen molar-refractivity contribution in [1.82, 2.24) is 0 Å². The van der Waals surface area contributed by atoms with Gasteiger partial charge in [0, 0.05) is 10.2 Å². The number of rotatable bonds is 5. The van der Waals surface area contributed by atoms with E-state index in [1.807, 2.05) is 0 Å². The van der Waals surface area contributed by atoms with E-state index in [9.17, 15) is 57.1 Å². The largest absolute Gasteiger partial charge is 0.459 e. The van der Waals surface area contributed by atoms with Gasteiger partial charge in [0.15, 0.2) is 0 Å². The van der Waals surface area contributed by atoms with Crippen LogP contribution in [0, 0.1) is 5.41 Å². The summed E-state index contributed by atoms with van der Waals surface area (Å²) >= 11 is 0. The Balaban J connectivity index is 6.67. The standard InChI is InChI=1S/C9H9F13Si/c10-5(11,6(12,13)9(20,21)22)4(2-1-3-23,7(14,15)16)8(17,18)19/h1-3H2,23H3. The summed E-state index contributed by atoms with van der Waals surface area (Å²) in [6.07, 6.45) is -25.4. The number of alkyl halides is 13. The molecule has 0 aromatic rings. The zero-order chi connectivity index (χ0) is 19.1. The number of hydrogen-bond donors (Lipinski definition) is 0. The maximum absolute atomic E-state index is 13.4. The van der Waals surface area contributed by atoms with E-state index in [1.165, 1.54) is 0 Å². The molecule has 0 rings (SSSR count). The highest BCUT2D eigenvalue weighted by Crippen LogP contribution is 2.67. The van der Waals surface area contributed by atoms with Crippen LogP contribution in [0.5, 0.6) is 0 Å². The third-order valence-electron chi connectivity index (χ3n) is 3.16. The average molecular weight is 392 g/mol. The van der Waals surface area contributed by atoms with E-state index in [1.54, 1.807) is 0 Å². The summed E-state index contributed by atoms with van der Waals surface area (Å²) in [4.78, 5) is 0. The van der Waals surface area contributed by atoms with Gasteiger partial charge in [-0.05, 0) is 6.42 Å². The zero-order valence-corrected chi connectivity index (χ0v) is 13.0. The van der Waals surface area contributed by atoms with E-state index in [0.717, 1.165) is 0 Å². The Bertz CT molecular complexity index is 387. The summed E-state index contributed by atoms with van der Waals surface area (Å²) in [5.74, 6) is -15.0. The molecular weight excluding hydrogens is 383 g/mol. The Morgan fingerprint density at radius 3 is 1.09 bits per heavy atom. The molecule has 0 spiro atoms. The molecule has 0 heterocycles. The van der Waals surface area contributed by atoms with Crippen LogP contribution >= 0.6 is 0 Å². The van der Waals surface area contributed by atoms with Crippen LogP contribution in [0.25, 0.3) is 0 Å². The second-order valence-electron chi connectivity index (χ2n) is 4.65. The van der Waals surface area contributed by atoms with Gasteiger partial charge in [-0.2, -0.15) is 57.1 Å². The SMILES string of the molecule is FC(F)(F)C(F)(F)C(F)(F)C(CCC[SiH3])(C(F)(F)F)C(F)(F)F. The van der Waals surface area contributed by atoms with Gasteiger partial charge in [0.2, 0.25) is 5.41 Å². The molecule has 23 heavy (non-hydrogen) atoms. The van der Waals surface area contributed by atoms with Crippen molar-refractivity contribution in [2.45, 2.75) is 49.3 Å². The second kappa shape index (κ2) is 5.99. The maximum Gasteiger partial charge on any atom is 0.459 e. The molecule has 0 N–H and O–H groups in total. The lowest BCUT2D eigenvalue weighted by Gasteiger charge is -2.45. The first kappa shape index (κ1) is 22.3. The molecule has 0 nitrogen and oxygen atoms in total. The van der Waals surface area contributed by atoms with Gasteiger partial charge in [0.1, 0.15) is 0 Å². The van der Waals surface area contributed by atoms with E-state index < -0.39 is 54.7 Å². The predicted octanol–water partition coefficient (Wildman–Crippen LogP) is 4.49. The molecule has 0 aliphatic carbocycles. The summed E-state index contributed by atoms with van der Waals surface area (Å²) in [6, 6.07) is -0.443. The molecule has 0 atom stereocenters. The molecule has 0 bridgehead atoms. The summed E-state index contributed by atoms with van der Waals surface area (Å²) in [5, 5.41) is 0. The van der Waals surface area contributed by atoms with Crippen LogP contribution < -0.4 is 0 Å². The van der Waals surface area contributed by atoms with Gasteiger partial charge in [-0.25, -0.2) is 0 Å². The van der Waals surface area contributed by atoms with Crippen LogP contribution in [0.1, 0.15) is 12.8 Å². The molecule has 0 radical (unpaired) electrons. The topological polar surface area (TPSA) is 0 Å². The lowest BCUT2D eigenvalue weighted by molar-refractivity contribution is -0.461. The monoisotopic (exact) mass is 392 g/mol. The molecule has 0 saturated carbocycles.